The summed E-state index contributed by atoms with van der Waals surface area (Å²) < 4.78 is 39.6. The second-order valence-corrected chi connectivity index (χ2v) is 6.35. The van der Waals surface area contributed by atoms with Crippen molar-refractivity contribution in [2.75, 3.05) is 6.54 Å². The molecule has 0 fully saturated rings. The number of aromatic nitrogens is 4. The first-order valence-corrected chi connectivity index (χ1v) is 8.67. The van der Waals surface area contributed by atoms with Crippen molar-refractivity contribution in [1.82, 2.24) is 25.1 Å². The molecule has 0 aliphatic carbocycles. The fourth-order valence-electron chi connectivity index (χ4n) is 2.64. The van der Waals surface area contributed by atoms with E-state index in [4.69, 9.17) is 11.6 Å². The van der Waals surface area contributed by atoms with Gasteiger partial charge in [0, 0.05) is 11.6 Å². The molecule has 0 saturated heterocycles. The molecular weight excluding hydrogens is 379 g/mol. The molecule has 0 atom stereocenters. The summed E-state index contributed by atoms with van der Waals surface area (Å²) in [7, 11) is 0. The predicted octanol–water partition coefficient (Wildman–Crippen LogP) is 4.36. The van der Waals surface area contributed by atoms with Gasteiger partial charge in [-0.15, -0.1) is 5.10 Å². The van der Waals surface area contributed by atoms with Crippen LogP contribution in [0.5, 0.6) is 0 Å². The molecule has 2 aromatic carbocycles. The Bertz CT molecular complexity index is 893. The molecular formula is C18H17ClF3N5. The van der Waals surface area contributed by atoms with Crippen molar-refractivity contribution in [2.24, 2.45) is 0 Å². The summed E-state index contributed by atoms with van der Waals surface area (Å²) in [5.74, 6) is 0.531. The van der Waals surface area contributed by atoms with Crippen molar-refractivity contribution in [1.29, 1.82) is 0 Å². The number of hydrogen-bond acceptors (Lipinski definition) is 4. The minimum Gasteiger partial charge on any atom is -0.292 e. The Labute approximate surface area is 159 Å². The van der Waals surface area contributed by atoms with Gasteiger partial charge in [-0.25, -0.2) is 0 Å². The highest BCUT2D eigenvalue weighted by Gasteiger charge is 2.30. The third-order valence-electron chi connectivity index (χ3n) is 4.14. The molecule has 0 N–H and O–H groups in total. The minimum absolute atomic E-state index is 0.426. The van der Waals surface area contributed by atoms with Crippen molar-refractivity contribution >= 4 is 11.6 Å². The molecule has 9 heteroatoms. The third kappa shape index (κ3) is 4.64. The van der Waals surface area contributed by atoms with Gasteiger partial charge in [-0.3, -0.25) is 4.90 Å². The average molecular weight is 396 g/mol. The maximum atomic E-state index is 12.7. The molecule has 1 aromatic heterocycles. The topological polar surface area (TPSA) is 46.8 Å². The lowest BCUT2D eigenvalue weighted by Crippen LogP contribution is -2.24. The summed E-state index contributed by atoms with van der Waals surface area (Å²) in [5.41, 5.74) is 0.737. The maximum Gasteiger partial charge on any atom is 0.416 e. The molecule has 0 aliphatic heterocycles. The summed E-state index contributed by atoms with van der Waals surface area (Å²) in [6.45, 7) is 3.76. The van der Waals surface area contributed by atoms with Gasteiger partial charge in [0.25, 0.3) is 0 Å². The summed E-state index contributed by atoms with van der Waals surface area (Å²) in [5, 5.41) is 12.3. The van der Waals surface area contributed by atoms with Crippen LogP contribution in [-0.2, 0) is 19.3 Å². The number of alkyl halides is 3. The second kappa shape index (κ2) is 8.06. The van der Waals surface area contributed by atoms with Crippen molar-refractivity contribution in [3.63, 3.8) is 0 Å². The van der Waals surface area contributed by atoms with Crippen LogP contribution in [0, 0.1) is 0 Å². The molecule has 1 heterocycles. The first-order valence-electron chi connectivity index (χ1n) is 8.29. The summed E-state index contributed by atoms with van der Waals surface area (Å²) in [4.78, 5) is 2.09. The van der Waals surface area contributed by atoms with Crippen LogP contribution in [0.25, 0.3) is 5.69 Å². The lowest BCUT2D eigenvalue weighted by atomic mass is 10.2. The standard InChI is InChI=1S/C18H17ClF3N5/c1-2-26(11-13-5-3-4-6-16(13)19)12-17-23-24-25-27(17)15-9-7-14(8-10-15)18(20,21)22/h3-10H,2,11-12H2,1H3. The van der Waals surface area contributed by atoms with Gasteiger partial charge in [-0.1, -0.05) is 36.7 Å². The molecule has 0 aliphatic rings. The minimum atomic E-state index is -4.38. The highest BCUT2D eigenvalue weighted by molar-refractivity contribution is 6.31. The second-order valence-electron chi connectivity index (χ2n) is 5.95. The Balaban J connectivity index is 1.79. The molecule has 0 saturated carbocycles. The van der Waals surface area contributed by atoms with E-state index >= 15 is 0 Å². The Morgan fingerprint density at radius 3 is 2.37 bits per heavy atom. The SMILES string of the molecule is CCN(Cc1ccccc1Cl)Cc1nnnn1-c1ccc(C(F)(F)F)cc1. The van der Waals surface area contributed by atoms with Gasteiger partial charge in [0.2, 0.25) is 0 Å². The van der Waals surface area contributed by atoms with E-state index in [0.29, 0.717) is 29.6 Å². The summed E-state index contributed by atoms with van der Waals surface area (Å²) in [6.07, 6.45) is -4.38. The van der Waals surface area contributed by atoms with Crippen LogP contribution in [0.1, 0.15) is 23.9 Å². The highest BCUT2D eigenvalue weighted by Crippen LogP contribution is 2.29. The van der Waals surface area contributed by atoms with E-state index in [0.717, 1.165) is 24.2 Å². The Hall–Kier alpha value is -2.45. The zero-order chi connectivity index (χ0) is 19.4. The largest absolute Gasteiger partial charge is 0.416 e. The summed E-state index contributed by atoms with van der Waals surface area (Å²) in [6, 6.07) is 12.3. The van der Waals surface area contributed by atoms with Crippen molar-refractivity contribution < 1.29 is 13.2 Å². The number of hydrogen-bond donors (Lipinski definition) is 0. The third-order valence-corrected chi connectivity index (χ3v) is 4.51. The van der Waals surface area contributed by atoms with Crippen molar-refractivity contribution in [3.05, 3.63) is 70.5 Å². The van der Waals surface area contributed by atoms with Gasteiger partial charge < -0.3 is 0 Å². The lowest BCUT2D eigenvalue weighted by molar-refractivity contribution is -0.137. The predicted molar refractivity (Wildman–Crippen MR) is 95.4 cm³/mol. The number of benzene rings is 2. The van der Waals surface area contributed by atoms with E-state index in [1.54, 1.807) is 0 Å². The van der Waals surface area contributed by atoms with Crippen LogP contribution in [0.4, 0.5) is 13.2 Å². The molecule has 0 bridgehead atoms. The Morgan fingerprint density at radius 1 is 1.04 bits per heavy atom. The van der Waals surface area contributed by atoms with Crippen LogP contribution >= 0.6 is 11.6 Å². The molecule has 5 nitrogen and oxygen atoms in total. The zero-order valence-corrected chi connectivity index (χ0v) is 15.2. The highest BCUT2D eigenvalue weighted by atomic mass is 35.5. The zero-order valence-electron chi connectivity index (χ0n) is 14.5. The van der Waals surface area contributed by atoms with E-state index < -0.39 is 11.7 Å². The van der Waals surface area contributed by atoms with Gasteiger partial charge in [-0.05, 0) is 52.9 Å². The van der Waals surface area contributed by atoms with Gasteiger partial charge in [0.1, 0.15) is 0 Å². The average Bonchev–Trinajstić information content (AvgIpc) is 3.10. The lowest BCUT2D eigenvalue weighted by Gasteiger charge is -2.20. The first-order chi connectivity index (χ1) is 12.9. The van der Waals surface area contributed by atoms with Crippen LogP contribution in [-0.4, -0.2) is 31.7 Å². The van der Waals surface area contributed by atoms with E-state index in [2.05, 4.69) is 20.4 Å². The normalized spacial score (nSPS) is 11.9. The van der Waals surface area contributed by atoms with Crippen LogP contribution in [0.2, 0.25) is 5.02 Å². The van der Waals surface area contributed by atoms with Crippen molar-refractivity contribution in [3.8, 4) is 5.69 Å². The van der Waals surface area contributed by atoms with Crippen molar-refractivity contribution in [2.45, 2.75) is 26.2 Å². The van der Waals surface area contributed by atoms with Crippen LogP contribution in [0.3, 0.4) is 0 Å². The molecule has 27 heavy (non-hydrogen) atoms. The molecule has 142 valence electrons. The number of tetrazole rings is 1. The van der Waals surface area contributed by atoms with Crippen LogP contribution in [0.15, 0.2) is 48.5 Å². The molecule has 3 aromatic rings. The Kier molecular flexibility index (Phi) is 5.76. The molecule has 0 radical (unpaired) electrons. The fourth-order valence-corrected chi connectivity index (χ4v) is 2.84. The van der Waals surface area contributed by atoms with Gasteiger partial charge in [0.05, 0.1) is 17.8 Å². The fraction of sp³-hybridized carbons (Fsp3) is 0.278. The quantitative estimate of drug-likeness (QED) is 0.622. The smallest absolute Gasteiger partial charge is 0.292 e. The van der Waals surface area contributed by atoms with E-state index in [-0.39, 0.29) is 0 Å². The first kappa shape index (κ1) is 19.3. The molecule has 0 amide bonds. The number of halogens is 4. The number of rotatable bonds is 6. The maximum absolute atomic E-state index is 12.7. The molecule has 0 unspecified atom stereocenters. The van der Waals surface area contributed by atoms with Gasteiger partial charge in [-0.2, -0.15) is 17.9 Å². The number of nitrogens with zero attached hydrogens (tertiary/aromatic N) is 5. The van der Waals surface area contributed by atoms with E-state index in [1.807, 2.05) is 31.2 Å². The monoisotopic (exact) mass is 395 g/mol. The van der Waals surface area contributed by atoms with Gasteiger partial charge >= 0.3 is 6.18 Å². The Morgan fingerprint density at radius 2 is 1.74 bits per heavy atom. The molecule has 3 rings (SSSR count). The van der Waals surface area contributed by atoms with E-state index in [1.165, 1.54) is 16.8 Å². The van der Waals surface area contributed by atoms with Gasteiger partial charge in [0.15, 0.2) is 5.82 Å². The summed E-state index contributed by atoms with van der Waals surface area (Å²) >= 11 is 6.22. The van der Waals surface area contributed by atoms with Crippen LogP contribution < -0.4 is 0 Å². The van der Waals surface area contributed by atoms with E-state index in [9.17, 15) is 13.2 Å². The molecule has 0 spiro atoms.